The monoisotopic (exact) mass is 214 g/mol. The highest BCUT2D eigenvalue weighted by Crippen LogP contribution is 2.25. The zero-order valence-electron chi connectivity index (χ0n) is 10.6. The quantitative estimate of drug-likeness (QED) is 0.636. The van der Waals surface area contributed by atoms with E-state index in [9.17, 15) is 4.79 Å². The summed E-state index contributed by atoms with van der Waals surface area (Å²) in [6.45, 7) is 9.74. The summed E-state index contributed by atoms with van der Waals surface area (Å²) in [6.07, 6.45) is 2.88. The number of hydrogen-bond acceptors (Lipinski definition) is 2. The largest absolute Gasteiger partial charge is 0.356 e. The molecular formula is C12H26N2O. The van der Waals surface area contributed by atoms with Crippen LogP contribution in [0.5, 0.6) is 0 Å². The molecule has 0 fully saturated rings. The van der Waals surface area contributed by atoms with E-state index in [-0.39, 0.29) is 11.3 Å². The van der Waals surface area contributed by atoms with Crippen LogP contribution in [0.2, 0.25) is 0 Å². The van der Waals surface area contributed by atoms with Crippen molar-refractivity contribution in [1.82, 2.24) is 5.32 Å². The minimum atomic E-state index is -0.253. The van der Waals surface area contributed by atoms with Crippen LogP contribution in [0.4, 0.5) is 0 Å². The Hall–Kier alpha value is -0.570. The Kier molecular flexibility index (Phi) is 6.57. The molecule has 0 aromatic carbocycles. The maximum absolute atomic E-state index is 11.8. The van der Waals surface area contributed by atoms with Crippen LogP contribution >= 0.6 is 0 Å². The van der Waals surface area contributed by atoms with E-state index in [0.29, 0.717) is 12.5 Å². The van der Waals surface area contributed by atoms with Crippen LogP contribution in [0.25, 0.3) is 0 Å². The molecule has 3 N–H and O–H groups in total. The Morgan fingerprint density at radius 3 is 2.40 bits per heavy atom. The van der Waals surface area contributed by atoms with Crippen LogP contribution < -0.4 is 11.1 Å². The summed E-state index contributed by atoms with van der Waals surface area (Å²) in [5.41, 5.74) is 5.13. The lowest BCUT2D eigenvalue weighted by atomic mass is 9.83. The molecule has 0 aromatic rings. The molecule has 0 aromatic heterocycles. The van der Waals surface area contributed by atoms with Gasteiger partial charge in [-0.25, -0.2) is 0 Å². The van der Waals surface area contributed by atoms with Gasteiger partial charge in [-0.1, -0.05) is 27.7 Å². The molecule has 15 heavy (non-hydrogen) atoms. The van der Waals surface area contributed by atoms with Gasteiger partial charge in [0.2, 0.25) is 5.91 Å². The summed E-state index contributed by atoms with van der Waals surface area (Å²) in [4.78, 5) is 11.8. The zero-order valence-corrected chi connectivity index (χ0v) is 10.6. The number of unbranched alkanes of at least 4 members (excludes halogenated alkanes) is 1. The van der Waals surface area contributed by atoms with Gasteiger partial charge in [-0.15, -0.1) is 0 Å². The van der Waals surface area contributed by atoms with Crippen LogP contribution in [0.15, 0.2) is 0 Å². The van der Waals surface area contributed by atoms with Crippen molar-refractivity contribution in [2.24, 2.45) is 17.1 Å². The molecule has 0 aliphatic carbocycles. The second-order valence-corrected chi connectivity index (χ2v) is 5.23. The van der Waals surface area contributed by atoms with Gasteiger partial charge in [-0.3, -0.25) is 4.79 Å². The van der Waals surface area contributed by atoms with E-state index < -0.39 is 0 Å². The molecule has 0 radical (unpaired) electrons. The zero-order chi connectivity index (χ0) is 11.9. The van der Waals surface area contributed by atoms with E-state index in [4.69, 9.17) is 5.73 Å². The van der Waals surface area contributed by atoms with Crippen molar-refractivity contribution in [3.8, 4) is 0 Å². The average molecular weight is 214 g/mol. The van der Waals surface area contributed by atoms with Crippen molar-refractivity contribution < 1.29 is 4.79 Å². The van der Waals surface area contributed by atoms with E-state index in [1.807, 2.05) is 13.8 Å². The lowest BCUT2D eigenvalue weighted by Crippen LogP contribution is -2.38. The summed E-state index contributed by atoms with van der Waals surface area (Å²) >= 11 is 0. The second kappa shape index (κ2) is 6.83. The van der Waals surface area contributed by atoms with Gasteiger partial charge in [-0.2, -0.15) is 0 Å². The standard InChI is InChI=1S/C12H26N2O/c1-10(2)9-12(3,4)11(15)14-8-6-5-7-13/h10H,5-9,13H2,1-4H3,(H,14,15). The topological polar surface area (TPSA) is 55.1 Å². The van der Waals surface area contributed by atoms with Gasteiger partial charge >= 0.3 is 0 Å². The molecule has 0 bridgehead atoms. The highest BCUT2D eigenvalue weighted by atomic mass is 16.2. The third-order valence-corrected chi connectivity index (χ3v) is 2.45. The van der Waals surface area contributed by atoms with Crippen molar-refractivity contribution in [2.75, 3.05) is 13.1 Å². The molecule has 3 heteroatoms. The van der Waals surface area contributed by atoms with Gasteiger partial charge in [-0.05, 0) is 31.7 Å². The Labute approximate surface area is 93.8 Å². The minimum absolute atomic E-state index is 0.160. The van der Waals surface area contributed by atoms with Crippen LogP contribution in [-0.2, 0) is 4.79 Å². The molecular weight excluding hydrogens is 188 g/mol. The van der Waals surface area contributed by atoms with Gasteiger partial charge in [0.1, 0.15) is 0 Å². The van der Waals surface area contributed by atoms with Crippen molar-refractivity contribution in [1.29, 1.82) is 0 Å². The number of amides is 1. The number of rotatable bonds is 7. The number of nitrogens with one attached hydrogen (secondary N) is 1. The van der Waals surface area contributed by atoms with Crippen molar-refractivity contribution in [2.45, 2.75) is 47.0 Å². The third-order valence-electron chi connectivity index (χ3n) is 2.45. The van der Waals surface area contributed by atoms with Gasteiger partial charge < -0.3 is 11.1 Å². The molecule has 0 spiro atoms. The Balaban J connectivity index is 3.86. The highest BCUT2D eigenvalue weighted by molar-refractivity contribution is 5.81. The lowest BCUT2D eigenvalue weighted by molar-refractivity contribution is -0.130. The molecule has 0 heterocycles. The molecule has 0 aliphatic heterocycles. The maximum atomic E-state index is 11.8. The second-order valence-electron chi connectivity index (χ2n) is 5.23. The van der Waals surface area contributed by atoms with Crippen molar-refractivity contribution in [3.05, 3.63) is 0 Å². The first kappa shape index (κ1) is 14.4. The lowest BCUT2D eigenvalue weighted by Gasteiger charge is -2.25. The average Bonchev–Trinajstić information content (AvgIpc) is 2.10. The summed E-state index contributed by atoms with van der Waals surface area (Å²) in [5, 5.41) is 2.97. The van der Waals surface area contributed by atoms with Gasteiger partial charge in [0.15, 0.2) is 0 Å². The highest BCUT2D eigenvalue weighted by Gasteiger charge is 2.27. The SMILES string of the molecule is CC(C)CC(C)(C)C(=O)NCCCCN. The first-order valence-corrected chi connectivity index (χ1v) is 5.88. The smallest absolute Gasteiger partial charge is 0.225 e. The Morgan fingerprint density at radius 1 is 1.33 bits per heavy atom. The maximum Gasteiger partial charge on any atom is 0.225 e. The number of carbonyl (C=O) groups is 1. The molecule has 0 saturated heterocycles. The number of nitrogens with two attached hydrogens (primary N) is 1. The molecule has 0 atom stereocenters. The molecule has 90 valence electrons. The van der Waals surface area contributed by atoms with E-state index in [2.05, 4.69) is 19.2 Å². The molecule has 3 nitrogen and oxygen atoms in total. The molecule has 0 rings (SSSR count). The molecule has 0 aliphatic rings. The van der Waals surface area contributed by atoms with Crippen LogP contribution in [0.3, 0.4) is 0 Å². The Bertz CT molecular complexity index is 188. The predicted octanol–water partition coefficient (Wildman–Crippen LogP) is 1.91. The van der Waals surface area contributed by atoms with Crippen molar-refractivity contribution >= 4 is 5.91 Å². The molecule has 0 saturated carbocycles. The van der Waals surface area contributed by atoms with E-state index >= 15 is 0 Å². The fourth-order valence-corrected chi connectivity index (χ4v) is 1.82. The number of hydrogen-bond donors (Lipinski definition) is 2. The fourth-order valence-electron chi connectivity index (χ4n) is 1.82. The van der Waals surface area contributed by atoms with E-state index in [0.717, 1.165) is 25.8 Å². The Morgan fingerprint density at radius 2 is 1.93 bits per heavy atom. The predicted molar refractivity (Wildman–Crippen MR) is 64.5 cm³/mol. The van der Waals surface area contributed by atoms with Gasteiger partial charge in [0.25, 0.3) is 0 Å². The van der Waals surface area contributed by atoms with Gasteiger partial charge in [0.05, 0.1) is 0 Å². The summed E-state index contributed by atoms with van der Waals surface area (Å²) in [5.74, 6) is 0.711. The van der Waals surface area contributed by atoms with Crippen molar-refractivity contribution in [3.63, 3.8) is 0 Å². The minimum Gasteiger partial charge on any atom is -0.356 e. The van der Waals surface area contributed by atoms with Crippen LogP contribution in [0.1, 0.15) is 47.0 Å². The molecule has 0 unspecified atom stereocenters. The van der Waals surface area contributed by atoms with E-state index in [1.54, 1.807) is 0 Å². The van der Waals surface area contributed by atoms with Gasteiger partial charge in [0, 0.05) is 12.0 Å². The van der Waals surface area contributed by atoms with Crippen LogP contribution in [0, 0.1) is 11.3 Å². The first-order valence-electron chi connectivity index (χ1n) is 5.88. The first-order chi connectivity index (χ1) is 6.90. The fraction of sp³-hybridized carbons (Fsp3) is 0.917. The summed E-state index contributed by atoms with van der Waals surface area (Å²) < 4.78 is 0. The summed E-state index contributed by atoms with van der Waals surface area (Å²) in [7, 11) is 0. The number of carbonyl (C=O) groups excluding carboxylic acids is 1. The van der Waals surface area contributed by atoms with E-state index in [1.165, 1.54) is 0 Å². The normalized spacial score (nSPS) is 11.9. The molecule has 1 amide bonds. The summed E-state index contributed by atoms with van der Waals surface area (Å²) in [6, 6.07) is 0. The third kappa shape index (κ3) is 6.50. The van der Waals surface area contributed by atoms with Crippen LogP contribution in [-0.4, -0.2) is 19.0 Å².